The predicted octanol–water partition coefficient (Wildman–Crippen LogP) is 4.12. The van der Waals surface area contributed by atoms with Crippen LogP contribution in [0.1, 0.15) is 12.5 Å². The zero-order valence-electron chi connectivity index (χ0n) is 13.1. The lowest BCUT2D eigenvalue weighted by Gasteiger charge is -2.29. The molecule has 1 atom stereocenters. The van der Waals surface area contributed by atoms with E-state index < -0.39 is 0 Å². The standard InChI is InChI=1S/C19H19N3/c1-14-11-17(16-7-5-4-6-8-16)9-10-19(14)22-15(2)21(3)13-18(22)12-20/h4-11,13,15H,1-3H3/t15-/m0/s1. The van der Waals surface area contributed by atoms with E-state index in [0.717, 1.165) is 5.69 Å². The molecule has 3 rings (SSSR count). The van der Waals surface area contributed by atoms with Crippen LogP contribution in [0, 0.1) is 18.3 Å². The van der Waals surface area contributed by atoms with Gasteiger partial charge in [0.25, 0.3) is 0 Å². The molecule has 22 heavy (non-hydrogen) atoms. The second-order valence-corrected chi connectivity index (χ2v) is 5.66. The summed E-state index contributed by atoms with van der Waals surface area (Å²) in [6.07, 6.45) is 2.05. The molecule has 2 aromatic rings. The van der Waals surface area contributed by atoms with E-state index in [9.17, 15) is 5.26 Å². The van der Waals surface area contributed by atoms with Crippen LogP contribution in [0.4, 0.5) is 5.69 Å². The van der Waals surface area contributed by atoms with Gasteiger partial charge >= 0.3 is 0 Å². The first-order valence-corrected chi connectivity index (χ1v) is 7.41. The monoisotopic (exact) mass is 289 g/mol. The minimum Gasteiger partial charge on any atom is -0.358 e. The molecule has 1 aliphatic heterocycles. The van der Waals surface area contributed by atoms with Crippen LogP contribution >= 0.6 is 0 Å². The summed E-state index contributed by atoms with van der Waals surface area (Å²) in [6.45, 7) is 4.20. The highest BCUT2D eigenvalue weighted by molar-refractivity contribution is 5.71. The van der Waals surface area contributed by atoms with Crippen molar-refractivity contribution in [2.45, 2.75) is 20.0 Å². The molecule has 0 radical (unpaired) electrons. The average Bonchev–Trinajstić information content (AvgIpc) is 2.83. The van der Waals surface area contributed by atoms with Crippen molar-refractivity contribution in [2.24, 2.45) is 0 Å². The summed E-state index contributed by atoms with van der Waals surface area (Å²) in [4.78, 5) is 4.15. The van der Waals surface area contributed by atoms with Gasteiger partial charge in [-0.3, -0.25) is 0 Å². The summed E-state index contributed by atoms with van der Waals surface area (Å²) in [7, 11) is 2.00. The number of nitrogens with zero attached hydrogens (tertiary/aromatic N) is 3. The topological polar surface area (TPSA) is 30.3 Å². The summed E-state index contributed by atoms with van der Waals surface area (Å²) >= 11 is 0. The Balaban J connectivity index is 2.00. The lowest BCUT2D eigenvalue weighted by Crippen LogP contribution is -2.35. The van der Waals surface area contributed by atoms with Crippen LogP contribution in [0.25, 0.3) is 11.1 Å². The second kappa shape index (κ2) is 5.57. The van der Waals surface area contributed by atoms with E-state index in [-0.39, 0.29) is 6.17 Å². The summed E-state index contributed by atoms with van der Waals surface area (Å²) in [5.41, 5.74) is 5.35. The largest absolute Gasteiger partial charge is 0.358 e. The van der Waals surface area contributed by atoms with Crippen LogP contribution in [0.15, 0.2) is 60.4 Å². The maximum Gasteiger partial charge on any atom is 0.138 e. The highest BCUT2D eigenvalue weighted by atomic mass is 15.4. The summed E-state index contributed by atoms with van der Waals surface area (Å²) < 4.78 is 0. The Hall–Kier alpha value is -2.73. The molecule has 3 heteroatoms. The smallest absolute Gasteiger partial charge is 0.138 e. The molecule has 0 saturated carbocycles. The van der Waals surface area contributed by atoms with Gasteiger partial charge in [0.05, 0.1) is 0 Å². The second-order valence-electron chi connectivity index (χ2n) is 5.66. The molecule has 110 valence electrons. The molecule has 0 aromatic heterocycles. The fraction of sp³-hybridized carbons (Fsp3) is 0.211. The Labute approximate surface area is 131 Å². The zero-order chi connectivity index (χ0) is 15.7. The Bertz CT molecular complexity index is 756. The van der Waals surface area contributed by atoms with Crippen LogP contribution in [0.2, 0.25) is 0 Å². The van der Waals surface area contributed by atoms with Crippen LogP contribution in [-0.2, 0) is 0 Å². The molecule has 0 N–H and O–H groups in total. The minimum absolute atomic E-state index is 0.149. The molecule has 1 aliphatic rings. The van der Waals surface area contributed by atoms with Crippen molar-refractivity contribution < 1.29 is 0 Å². The SMILES string of the molecule is Cc1cc(-c2ccccc2)ccc1N1C(C#N)=CN(C)[C@@H]1C. The molecule has 0 unspecified atom stereocenters. The fourth-order valence-electron chi connectivity index (χ4n) is 2.90. The molecule has 0 spiro atoms. The van der Waals surface area contributed by atoms with Crippen LogP contribution < -0.4 is 4.90 Å². The highest BCUT2D eigenvalue weighted by Crippen LogP contribution is 2.33. The van der Waals surface area contributed by atoms with Gasteiger partial charge in [0.1, 0.15) is 17.9 Å². The molecular formula is C19H19N3. The van der Waals surface area contributed by atoms with E-state index >= 15 is 0 Å². The molecular weight excluding hydrogens is 270 g/mol. The summed E-state index contributed by atoms with van der Waals surface area (Å²) in [6, 6.07) is 19.1. The van der Waals surface area contributed by atoms with E-state index in [1.807, 2.05) is 31.4 Å². The van der Waals surface area contributed by atoms with Crippen molar-refractivity contribution in [3.8, 4) is 17.2 Å². The van der Waals surface area contributed by atoms with Crippen molar-refractivity contribution in [1.82, 2.24) is 4.90 Å². The molecule has 0 amide bonds. The van der Waals surface area contributed by atoms with Gasteiger partial charge in [0.2, 0.25) is 0 Å². The normalized spacial score (nSPS) is 17.4. The first-order chi connectivity index (χ1) is 10.6. The number of nitriles is 1. The lowest BCUT2D eigenvalue weighted by atomic mass is 10.0. The van der Waals surface area contributed by atoms with Crippen LogP contribution in [0.3, 0.4) is 0 Å². The van der Waals surface area contributed by atoms with Crippen molar-refractivity contribution in [3.63, 3.8) is 0 Å². The molecule has 0 saturated heterocycles. The van der Waals surface area contributed by atoms with Gasteiger partial charge in [-0.1, -0.05) is 36.4 Å². The molecule has 3 nitrogen and oxygen atoms in total. The van der Waals surface area contributed by atoms with Gasteiger partial charge in [0, 0.05) is 18.9 Å². The van der Waals surface area contributed by atoms with E-state index in [4.69, 9.17) is 0 Å². The van der Waals surface area contributed by atoms with Crippen molar-refractivity contribution in [3.05, 3.63) is 66.0 Å². The van der Waals surface area contributed by atoms with Gasteiger partial charge in [0.15, 0.2) is 0 Å². The van der Waals surface area contributed by atoms with Gasteiger partial charge in [-0.05, 0) is 42.7 Å². The first kappa shape index (κ1) is 14.2. The Kier molecular flexibility index (Phi) is 3.60. The van der Waals surface area contributed by atoms with Gasteiger partial charge in [-0.15, -0.1) is 0 Å². The Morgan fingerprint density at radius 2 is 1.77 bits per heavy atom. The Morgan fingerprint density at radius 1 is 1.05 bits per heavy atom. The molecule has 1 heterocycles. The maximum absolute atomic E-state index is 9.37. The van der Waals surface area contributed by atoms with Crippen molar-refractivity contribution in [2.75, 3.05) is 11.9 Å². The van der Waals surface area contributed by atoms with E-state index in [0.29, 0.717) is 5.70 Å². The summed E-state index contributed by atoms with van der Waals surface area (Å²) in [5.74, 6) is 0. The van der Waals surface area contributed by atoms with Crippen molar-refractivity contribution >= 4 is 5.69 Å². The van der Waals surface area contributed by atoms with E-state index in [2.05, 4.69) is 60.0 Å². The number of hydrogen-bond acceptors (Lipinski definition) is 3. The third-order valence-electron chi connectivity index (χ3n) is 4.23. The number of benzene rings is 2. The van der Waals surface area contributed by atoms with Gasteiger partial charge < -0.3 is 9.80 Å². The van der Waals surface area contributed by atoms with Gasteiger partial charge in [-0.2, -0.15) is 5.26 Å². The third kappa shape index (κ3) is 2.33. The average molecular weight is 289 g/mol. The zero-order valence-corrected chi connectivity index (χ0v) is 13.1. The molecule has 0 fully saturated rings. The highest BCUT2D eigenvalue weighted by Gasteiger charge is 2.28. The van der Waals surface area contributed by atoms with E-state index in [1.54, 1.807) is 0 Å². The number of aryl methyl sites for hydroxylation is 1. The number of hydrogen-bond donors (Lipinski definition) is 0. The van der Waals surface area contributed by atoms with Crippen LogP contribution in [-0.4, -0.2) is 18.1 Å². The molecule has 2 aromatic carbocycles. The number of anilines is 1. The Morgan fingerprint density at radius 3 is 2.41 bits per heavy atom. The van der Waals surface area contributed by atoms with Gasteiger partial charge in [-0.25, -0.2) is 0 Å². The number of rotatable bonds is 2. The molecule has 0 aliphatic carbocycles. The maximum atomic E-state index is 9.37. The fourth-order valence-corrected chi connectivity index (χ4v) is 2.90. The van der Waals surface area contributed by atoms with E-state index in [1.165, 1.54) is 16.7 Å². The quantitative estimate of drug-likeness (QED) is 0.833. The third-order valence-corrected chi connectivity index (χ3v) is 4.23. The lowest BCUT2D eigenvalue weighted by molar-refractivity contribution is 0.382. The first-order valence-electron chi connectivity index (χ1n) is 7.41. The number of allylic oxidation sites excluding steroid dienone is 1. The minimum atomic E-state index is 0.149. The predicted molar refractivity (Wildman–Crippen MR) is 90.0 cm³/mol. The summed E-state index contributed by atoms with van der Waals surface area (Å²) in [5, 5.41) is 9.37. The molecule has 0 bridgehead atoms. The van der Waals surface area contributed by atoms with Crippen molar-refractivity contribution in [1.29, 1.82) is 5.26 Å². The van der Waals surface area contributed by atoms with Crippen LogP contribution in [0.5, 0.6) is 0 Å².